The number of aldehydes is 1. The lowest BCUT2D eigenvalue weighted by Crippen LogP contribution is -2.29. The van der Waals surface area contributed by atoms with Crippen LogP contribution in [0, 0.1) is 0 Å². The maximum Gasteiger partial charge on any atom is 0.150 e. The van der Waals surface area contributed by atoms with E-state index >= 15 is 0 Å². The minimum Gasteiger partial charge on any atom is -0.376 e. The molecule has 4 aromatic rings. The molecule has 3 heteroatoms. The van der Waals surface area contributed by atoms with Crippen molar-refractivity contribution in [3.8, 4) is 11.1 Å². The molecule has 0 aliphatic heterocycles. The molecule has 4 aromatic carbocycles. The summed E-state index contributed by atoms with van der Waals surface area (Å²) in [5, 5.41) is 12.8. The number of benzene rings is 4. The summed E-state index contributed by atoms with van der Waals surface area (Å²) in [7, 11) is 0. The van der Waals surface area contributed by atoms with Gasteiger partial charge in [0.1, 0.15) is 11.9 Å². The van der Waals surface area contributed by atoms with Gasteiger partial charge in [-0.1, -0.05) is 103 Å². The van der Waals surface area contributed by atoms with Crippen molar-refractivity contribution in [3.63, 3.8) is 0 Å². The fourth-order valence-electron chi connectivity index (χ4n) is 3.64. The van der Waals surface area contributed by atoms with Crippen LogP contribution in [0.2, 0.25) is 5.02 Å². The van der Waals surface area contributed by atoms with Crippen LogP contribution in [0.5, 0.6) is 0 Å². The molecule has 4 rings (SSSR count). The molecule has 0 spiro atoms. The molecule has 0 fully saturated rings. The lowest BCUT2D eigenvalue weighted by molar-refractivity contribution is 0.112. The molecule has 0 radical (unpaired) electrons. The van der Waals surface area contributed by atoms with E-state index in [4.69, 9.17) is 11.6 Å². The summed E-state index contributed by atoms with van der Waals surface area (Å²) in [5.41, 5.74) is 3.25. The number of aliphatic hydroxyl groups is 1. The maximum absolute atomic E-state index is 12.2. The van der Waals surface area contributed by atoms with Gasteiger partial charge in [-0.25, -0.2) is 0 Å². The van der Waals surface area contributed by atoms with Gasteiger partial charge in [-0.2, -0.15) is 0 Å². The zero-order valence-electron chi connectivity index (χ0n) is 15.6. The van der Waals surface area contributed by atoms with Gasteiger partial charge >= 0.3 is 0 Å². The van der Waals surface area contributed by atoms with Crippen LogP contribution in [-0.4, -0.2) is 11.4 Å². The third-order valence-corrected chi connectivity index (χ3v) is 5.38. The van der Waals surface area contributed by atoms with E-state index in [-0.39, 0.29) is 0 Å². The normalized spacial score (nSPS) is 12.9. The van der Waals surface area contributed by atoms with Crippen LogP contribution < -0.4 is 0 Å². The smallest absolute Gasteiger partial charge is 0.150 e. The molecule has 0 heterocycles. The Balaban J connectivity index is 1.98. The summed E-state index contributed by atoms with van der Waals surface area (Å²) < 4.78 is 0. The van der Waals surface area contributed by atoms with Crippen molar-refractivity contribution in [1.82, 2.24) is 0 Å². The van der Waals surface area contributed by atoms with E-state index in [2.05, 4.69) is 0 Å². The first-order chi connectivity index (χ1) is 14.1. The summed E-state index contributed by atoms with van der Waals surface area (Å²) in [6.45, 7) is 0. The fourth-order valence-corrected chi connectivity index (χ4v) is 3.77. The van der Waals surface area contributed by atoms with E-state index in [1.807, 2.05) is 78.9 Å². The second-order valence-corrected chi connectivity index (χ2v) is 7.31. The summed E-state index contributed by atoms with van der Waals surface area (Å²) in [6, 6.07) is 32.0. The molecule has 0 aliphatic carbocycles. The van der Waals surface area contributed by atoms with Gasteiger partial charge in [0.25, 0.3) is 0 Å². The average Bonchev–Trinajstić information content (AvgIpc) is 2.80. The fraction of sp³-hybridized carbons (Fsp3) is 0.0385. The standard InChI is InChI=1S/C26H19ClO2/c27-23-16-12-20(13-17-23)24-8-4-5-9-25(24)26(29,21-6-2-1-3-7-21)22-14-10-19(18-28)11-15-22/h1-18,29H. The Bertz CT molecular complexity index is 1120. The molecule has 0 bridgehead atoms. The molecule has 2 nitrogen and oxygen atoms in total. The lowest BCUT2D eigenvalue weighted by Gasteiger charge is -2.32. The first kappa shape index (κ1) is 19.1. The first-order valence-corrected chi connectivity index (χ1v) is 9.70. The van der Waals surface area contributed by atoms with Crippen LogP contribution in [0.1, 0.15) is 27.0 Å². The molecular weight excluding hydrogens is 380 g/mol. The zero-order valence-corrected chi connectivity index (χ0v) is 16.4. The van der Waals surface area contributed by atoms with Gasteiger partial charge in [0.05, 0.1) is 0 Å². The molecular formula is C26H19ClO2. The molecule has 0 saturated carbocycles. The average molecular weight is 399 g/mol. The van der Waals surface area contributed by atoms with Crippen molar-refractivity contribution in [2.45, 2.75) is 5.60 Å². The van der Waals surface area contributed by atoms with Crippen LogP contribution in [0.15, 0.2) is 103 Å². The Morgan fingerprint density at radius 1 is 0.690 bits per heavy atom. The van der Waals surface area contributed by atoms with Crippen LogP contribution in [0.25, 0.3) is 11.1 Å². The number of hydrogen-bond donors (Lipinski definition) is 1. The Morgan fingerprint density at radius 3 is 1.93 bits per heavy atom. The van der Waals surface area contributed by atoms with Crippen molar-refractivity contribution in [2.24, 2.45) is 0 Å². The Morgan fingerprint density at radius 2 is 1.28 bits per heavy atom. The highest BCUT2D eigenvalue weighted by atomic mass is 35.5. The summed E-state index contributed by atoms with van der Waals surface area (Å²) in [6.07, 6.45) is 0.799. The minimum absolute atomic E-state index is 0.565. The second kappa shape index (κ2) is 8.04. The Labute approximate surface area is 175 Å². The number of halogens is 1. The van der Waals surface area contributed by atoms with Crippen molar-refractivity contribution in [1.29, 1.82) is 0 Å². The second-order valence-electron chi connectivity index (χ2n) is 6.87. The molecule has 0 aromatic heterocycles. The third kappa shape index (κ3) is 3.61. The van der Waals surface area contributed by atoms with Crippen LogP contribution in [-0.2, 0) is 5.60 Å². The number of rotatable bonds is 5. The van der Waals surface area contributed by atoms with Crippen molar-refractivity contribution < 1.29 is 9.90 Å². The zero-order chi connectivity index (χ0) is 20.3. The van der Waals surface area contributed by atoms with Gasteiger partial charge in [-0.3, -0.25) is 4.79 Å². The lowest BCUT2D eigenvalue weighted by atomic mass is 9.77. The summed E-state index contributed by atoms with van der Waals surface area (Å²) in [4.78, 5) is 11.1. The van der Waals surface area contributed by atoms with Gasteiger partial charge in [-0.15, -0.1) is 0 Å². The molecule has 0 amide bonds. The van der Waals surface area contributed by atoms with Crippen LogP contribution in [0.4, 0.5) is 0 Å². The quantitative estimate of drug-likeness (QED) is 0.325. The van der Waals surface area contributed by atoms with Gasteiger partial charge in [-0.05, 0) is 34.4 Å². The highest BCUT2D eigenvalue weighted by Gasteiger charge is 2.35. The summed E-state index contributed by atoms with van der Waals surface area (Å²) >= 11 is 6.07. The molecule has 142 valence electrons. The van der Waals surface area contributed by atoms with Gasteiger partial charge in [0.15, 0.2) is 0 Å². The summed E-state index contributed by atoms with van der Waals surface area (Å²) in [5.74, 6) is 0. The topological polar surface area (TPSA) is 37.3 Å². The molecule has 1 N–H and O–H groups in total. The van der Waals surface area contributed by atoms with E-state index in [1.165, 1.54) is 0 Å². The van der Waals surface area contributed by atoms with Crippen molar-refractivity contribution in [3.05, 3.63) is 130 Å². The predicted molar refractivity (Wildman–Crippen MR) is 117 cm³/mol. The molecule has 29 heavy (non-hydrogen) atoms. The van der Waals surface area contributed by atoms with Gasteiger partial charge in [0, 0.05) is 16.1 Å². The maximum atomic E-state index is 12.2. The molecule has 0 saturated heterocycles. The number of carbonyl (C=O) groups excluding carboxylic acids is 1. The SMILES string of the molecule is O=Cc1ccc(C(O)(c2ccccc2)c2ccccc2-c2ccc(Cl)cc2)cc1. The first-order valence-electron chi connectivity index (χ1n) is 9.32. The van der Waals surface area contributed by atoms with E-state index < -0.39 is 5.60 Å². The molecule has 0 aliphatic rings. The van der Waals surface area contributed by atoms with Crippen LogP contribution in [0.3, 0.4) is 0 Å². The third-order valence-electron chi connectivity index (χ3n) is 5.13. The number of hydrogen-bond acceptors (Lipinski definition) is 2. The monoisotopic (exact) mass is 398 g/mol. The van der Waals surface area contributed by atoms with Crippen molar-refractivity contribution in [2.75, 3.05) is 0 Å². The van der Waals surface area contributed by atoms with Gasteiger partial charge < -0.3 is 5.11 Å². The number of carbonyl (C=O) groups is 1. The highest BCUT2D eigenvalue weighted by molar-refractivity contribution is 6.30. The van der Waals surface area contributed by atoms with E-state index in [0.29, 0.717) is 16.1 Å². The highest BCUT2D eigenvalue weighted by Crippen LogP contribution is 2.41. The Hall–Kier alpha value is -3.20. The Kier molecular flexibility index (Phi) is 5.30. The van der Waals surface area contributed by atoms with E-state index in [0.717, 1.165) is 28.5 Å². The van der Waals surface area contributed by atoms with Gasteiger partial charge in [0.2, 0.25) is 0 Å². The van der Waals surface area contributed by atoms with E-state index in [9.17, 15) is 9.90 Å². The van der Waals surface area contributed by atoms with Crippen LogP contribution >= 0.6 is 11.6 Å². The minimum atomic E-state index is -1.39. The predicted octanol–water partition coefficient (Wildman–Crippen LogP) is 6.10. The van der Waals surface area contributed by atoms with Crippen molar-refractivity contribution >= 4 is 17.9 Å². The van der Waals surface area contributed by atoms with E-state index in [1.54, 1.807) is 24.3 Å². The molecule has 1 unspecified atom stereocenters. The largest absolute Gasteiger partial charge is 0.376 e. The molecule has 1 atom stereocenters.